The zero-order valence-corrected chi connectivity index (χ0v) is 8.66. The summed E-state index contributed by atoms with van der Waals surface area (Å²) in [4.78, 5) is 11.8. The second kappa shape index (κ2) is 2.28. The van der Waals surface area contributed by atoms with E-state index in [9.17, 15) is 4.79 Å². The van der Waals surface area contributed by atoms with Crippen LogP contribution in [0, 0.1) is 16.7 Å². The van der Waals surface area contributed by atoms with Crippen LogP contribution in [0.25, 0.3) is 0 Å². The quantitative estimate of drug-likeness (QED) is 0.619. The normalized spacial score (nSPS) is 43.9. The minimum atomic E-state index is -0.0687. The van der Waals surface area contributed by atoms with E-state index in [2.05, 4.69) is 26.5 Å². The zero-order valence-electron chi connectivity index (χ0n) is 7.76. The molecule has 2 aliphatic rings. The van der Waals surface area contributed by atoms with Gasteiger partial charge in [0.05, 0.1) is 0 Å². The first-order valence-corrected chi connectivity index (χ1v) is 5.32. The number of fused-ring (bicyclic) bond motifs is 2. The van der Waals surface area contributed by atoms with Gasteiger partial charge in [0.25, 0.3) is 0 Å². The molecule has 2 bridgehead atoms. The lowest BCUT2D eigenvalue weighted by Crippen LogP contribution is -2.37. The van der Waals surface area contributed by atoms with Crippen LogP contribution in [-0.4, -0.2) is 11.5 Å². The molecule has 0 aromatic carbocycles. The Kier molecular flexibility index (Phi) is 1.64. The number of ketones is 1. The Labute approximate surface area is 79.3 Å². The fourth-order valence-electron chi connectivity index (χ4n) is 3.14. The molecule has 2 fully saturated rings. The third-order valence-electron chi connectivity index (χ3n) is 4.41. The van der Waals surface area contributed by atoms with E-state index in [1.807, 2.05) is 0 Å². The molecule has 0 aromatic heterocycles. The monoisotopic (exact) mass is 184 g/mol. The van der Waals surface area contributed by atoms with Crippen LogP contribution < -0.4 is 0 Å². The van der Waals surface area contributed by atoms with Gasteiger partial charge in [-0.15, -0.1) is 0 Å². The van der Waals surface area contributed by atoms with Crippen LogP contribution in [0.1, 0.15) is 33.1 Å². The van der Waals surface area contributed by atoms with Crippen molar-refractivity contribution in [3.05, 3.63) is 0 Å². The van der Waals surface area contributed by atoms with Crippen LogP contribution in [0.3, 0.4) is 0 Å². The van der Waals surface area contributed by atoms with Gasteiger partial charge in [0.15, 0.2) is 0 Å². The van der Waals surface area contributed by atoms with Crippen molar-refractivity contribution in [2.45, 2.75) is 33.1 Å². The van der Waals surface area contributed by atoms with Gasteiger partial charge >= 0.3 is 0 Å². The summed E-state index contributed by atoms with van der Waals surface area (Å²) in [6.45, 7) is 4.48. The maximum absolute atomic E-state index is 11.8. The van der Waals surface area contributed by atoms with Crippen LogP contribution in [0.2, 0.25) is 0 Å². The number of carbonyl (C=O) groups is 1. The van der Waals surface area contributed by atoms with Crippen molar-refractivity contribution in [1.82, 2.24) is 0 Å². The minimum absolute atomic E-state index is 0.0687. The Morgan fingerprint density at radius 1 is 1.58 bits per heavy atom. The smallest absolute Gasteiger partial charge is 0.140 e. The Morgan fingerprint density at radius 3 is 2.50 bits per heavy atom. The highest BCUT2D eigenvalue weighted by Crippen LogP contribution is 2.64. The molecule has 0 saturated heterocycles. The summed E-state index contributed by atoms with van der Waals surface area (Å²) in [7, 11) is 0. The molecule has 0 amide bonds. The summed E-state index contributed by atoms with van der Waals surface area (Å²) in [5.41, 5.74) is 0.145. The van der Waals surface area contributed by atoms with Crippen LogP contribution in [0.5, 0.6) is 0 Å². The summed E-state index contributed by atoms with van der Waals surface area (Å²) in [6.07, 6.45) is 3.12. The molecule has 0 spiro atoms. The van der Waals surface area contributed by atoms with Crippen molar-refractivity contribution in [2.75, 3.05) is 5.75 Å². The zero-order chi connectivity index (χ0) is 8.98. The molecule has 12 heavy (non-hydrogen) atoms. The number of thiol groups is 1. The molecule has 2 atom stereocenters. The summed E-state index contributed by atoms with van der Waals surface area (Å²) in [5.74, 6) is 1.85. The molecule has 0 heterocycles. The molecule has 2 heteroatoms. The number of carbonyl (C=O) groups excluding carboxylic acids is 1. The van der Waals surface area contributed by atoms with E-state index >= 15 is 0 Å². The first kappa shape index (κ1) is 8.61. The van der Waals surface area contributed by atoms with Gasteiger partial charge in [-0.2, -0.15) is 12.6 Å². The first-order valence-electron chi connectivity index (χ1n) is 4.69. The molecular weight excluding hydrogens is 168 g/mol. The van der Waals surface area contributed by atoms with Crippen molar-refractivity contribution < 1.29 is 4.79 Å². The van der Waals surface area contributed by atoms with E-state index in [-0.39, 0.29) is 10.8 Å². The second-order valence-electron chi connectivity index (χ2n) is 4.82. The van der Waals surface area contributed by atoms with Crippen LogP contribution >= 0.6 is 12.6 Å². The molecule has 2 aliphatic carbocycles. The molecular formula is C10H16OS. The number of hydrogen-bond acceptors (Lipinski definition) is 2. The average Bonchev–Trinajstić information content (AvgIpc) is 2.36. The van der Waals surface area contributed by atoms with Gasteiger partial charge in [-0.1, -0.05) is 13.8 Å². The standard InChI is InChI=1S/C10H16OS/c1-9(2)7-3-4-10(9,6-12)8(11)5-7/h7,12H,3-6H2,1-2H3/t7-,10-/m1/s1. The number of hydrogen-bond donors (Lipinski definition) is 1. The molecule has 0 N–H and O–H groups in total. The van der Waals surface area contributed by atoms with Crippen molar-refractivity contribution in [2.24, 2.45) is 16.7 Å². The first-order chi connectivity index (χ1) is 5.54. The van der Waals surface area contributed by atoms with E-state index in [0.717, 1.165) is 18.6 Å². The van der Waals surface area contributed by atoms with Crippen LogP contribution in [0.4, 0.5) is 0 Å². The topological polar surface area (TPSA) is 17.1 Å². The fourth-order valence-corrected chi connectivity index (χ4v) is 3.88. The van der Waals surface area contributed by atoms with E-state index in [0.29, 0.717) is 11.7 Å². The third kappa shape index (κ3) is 0.704. The van der Waals surface area contributed by atoms with Gasteiger partial charge in [-0.25, -0.2) is 0 Å². The summed E-state index contributed by atoms with van der Waals surface area (Å²) in [5, 5.41) is 0. The maximum atomic E-state index is 11.8. The van der Waals surface area contributed by atoms with Gasteiger partial charge < -0.3 is 0 Å². The highest BCUT2D eigenvalue weighted by molar-refractivity contribution is 7.80. The summed E-state index contributed by atoms with van der Waals surface area (Å²) < 4.78 is 0. The summed E-state index contributed by atoms with van der Waals surface area (Å²) in [6, 6.07) is 0. The van der Waals surface area contributed by atoms with Crippen LogP contribution in [0.15, 0.2) is 0 Å². The second-order valence-corrected chi connectivity index (χ2v) is 5.14. The average molecular weight is 184 g/mol. The third-order valence-corrected chi connectivity index (χ3v) is 4.95. The molecule has 2 saturated carbocycles. The van der Waals surface area contributed by atoms with E-state index in [4.69, 9.17) is 0 Å². The van der Waals surface area contributed by atoms with Gasteiger partial charge in [0, 0.05) is 17.6 Å². The Morgan fingerprint density at radius 2 is 2.25 bits per heavy atom. The largest absolute Gasteiger partial charge is 0.299 e. The lowest BCUT2D eigenvalue weighted by molar-refractivity contribution is -0.127. The van der Waals surface area contributed by atoms with Gasteiger partial charge in [0.1, 0.15) is 5.78 Å². The molecule has 68 valence electrons. The van der Waals surface area contributed by atoms with Gasteiger partial charge in [-0.3, -0.25) is 4.79 Å². The Bertz CT molecular complexity index is 234. The molecule has 0 radical (unpaired) electrons. The fraction of sp³-hybridized carbons (Fsp3) is 0.900. The SMILES string of the molecule is CC1(C)[C@@H]2CC[C@@]1(CS)C(=O)C2. The minimum Gasteiger partial charge on any atom is -0.299 e. The lowest BCUT2D eigenvalue weighted by Gasteiger charge is -2.34. The Balaban J connectivity index is 2.46. The molecule has 0 aliphatic heterocycles. The highest BCUT2D eigenvalue weighted by Gasteiger charge is 2.63. The van der Waals surface area contributed by atoms with Crippen LogP contribution in [-0.2, 0) is 4.79 Å². The van der Waals surface area contributed by atoms with E-state index in [1.165, 1.54) is 6.42 Å². The molecule has 0 aromatic rings. The lowest BCUT2D eigenvalue weighted by atomic mass is 9.70. The van der Waals surface area contributed by atoms with E-state index in [1.54, 1.807) is 0 Å². The van der Waals surface area contributed by atoms with Crippen molar-refractivity contribution >= 4 is 18.4 Å². The summed E-state index contributed by atoms with van der Waals surface area (Å²) >= 11 is 4.36. The molecule has 2 rings (SSSR count). The predicted molar refractivity (Wildman–Crippen MR) is 52.4 cm³/mol. The van der Waals surface area contributed by atoms with Gasteiger partial charge in [-0.05, 0) is 24.2 Å². The Hall–Kier alpha value is 0.0200. The van der Waals surface area contributed by atoms with Gasteiger partial charge in [0.2, 0.25) is 0 Å². The number of rotatable bonds is 1. The van der Waals surface area contributed by atoms with E-state index < -0.39 is 0 Å². The molecule has 0 unspecified atom stereocenters. The highest BCUT2D eigenvalue weighted by atomic mass is 32.1. The number of Topliss-reactive ketones (excluding diaryl/α,β-unsaturated/α-hetero) is 1. The predicted octanol–water partition coefficient (Wildman–Crippen LogP) is 2.31. The van der Waals surface area contributed by atoms with Crippen molar-refractivity contribution in [1.29, 1.82) is 0 Å². The maximum Gasteiger partial charge on any atom is 0.140 e. The molecule has 1 nitrogen and oxygen atoms in total. The van der Waals surface area contributed by atoms with Crippen molar-refractivity contribution in [3.63, 3.8) is 0 Å². The van der Waals surface area contributed by atoms with Crippen molar-refractivity contribution in [3.8, 4) is 0 Å².